The molecule has 0 unspecified atom stereocenters. The molecule has 1 aromatic rings. The van der Waals surface area contributed by atoms with E-state index >= 15 is 0 Å². The van der Waals surface area contributed by atoms with Crippen LogP contribution in [0.4, 0.5) is 5.69 Å². The zero-order chi connectivity index (χ0) is 20.7. The minimum atomic E-state index is 0. The van der Waals surface area contributed by atoms with Crippen molar-refractivity contribution in [3.05, 3.63) is 30.3 Å². The summed E-state index contributed by atoms with van der Waals surface area (Å²) in [6, 6.07) is 10.6. The Hall–Kier alpha value is -1.06. The fourth-order valence-electron chi connectivity index (χ4n) is 3.64. The van der Waals surface area contributed by atoms with Gasteiger partial charge in [0.25, 0.3) is 0 Å². The monoisotopic (exact) mass is 530 g/mol. The molecule has 2 N–H and O–H groups in total. The lowest BCUT2D eigenvalue weighted by atomic mass is 10.2. The molecule has 0 atom stereocenters. The number of guanidine groups is 1. The Kier molecular flexibility index (Phi) is 14.9. The average molecular weight is 531 g/mol. The summed E-state index contributed by atoms with van der Waals surface area (Å²) in [5.41, 5.74) is 1.30. The van der Waals surface area contributed by atoms with E-state index in [1.807, 2.05) is 0 Å². The van der Waals surface area contributed by atoms with Crippen LogP contribution in [0.15, 0.2) is 35.3 Å². The minimum Gasteiger partial charge on any atom is -0.372 e. The van der Waals surface area contributed by atoms with E-state index in [1.165, 1.54) is 51.3 Å². The topological polar surface area (TPSA) is 46.1 Å². The number of nitrogens with one attached hydrogen (secondary N) is 2. The van der Waals surface area contributed by atoms with Crippen molar-refractivity contribution < 1.29 is 0 Å². The van der Waals surface area contributed by atoms with Crippen molar-refractivity contribution in [2.75, 3.05) is 77.4 Å². The summed E-state index contributed by atoms with van der Waals surface area (Å²) in [5.74, 6) is 0.954. The van der Waals surface area contributed by atoms with Gasteiger partial charge < -0.3 is 25.3 Å². The summed E-state index contributed by atoms with van der Waals surface area (Å²) in [5, 5.41) is 6.87. The normalized spacial score (nSPS) is 15.5. The van der Waals surface area contributed by atoms with Gasteiger partial charge in [0.05, 0.1) is 0 Å². The highest BCUT2D eigenvalue weighted by molar-refractivity contribution is 14.0. The third-order valence-electron chi connectivity index (χ3n) is 5.49. The Morgan fingerprint density at radius 2 is 1.73 bits per heavy atom. The zero-order valence-electron chi connectivity index (χ0n) is 19.3. The van der Waals surface area contributed by atoms with E-state index in [0.29, 0.717) is 0 Å². The van der Waals surface area contributed by atoms with Gasteiger partial charge in [0.1, 0.15) is 0 Å². The molecule has 0 bridgehead atoms. The summed E-state index contributed by atoms with van der Waals surface area (Å²) >= 11 is 0. The van der Waals surface area contributed by atoms with E-state index in [2.05, 4.69) is 76.6 Å². The molecule has 6 nitrogen and oxygen atoms in total. The number of hydrogen-bond donors (Lipinski definition) is 2. The largest absolute Gasteiger partial charge is 0.372 e. The van der Waals surface area contributed by atoms with Gasteiger partial charge in [-0.3, -0.25) is 4.99 Å². The standard InChI is InChI=1S/C23H42N6.HI/c1-4-24-23(25-14-9-10-16-28-20-18-27(3)19-21-28)26-15-11-17-29(5-2)22-12-7-6-8-13-22;/h6-8,12-13H,4-5,9-11,14-21H2,1-3H3,(H2,24,25,26);1H. The van der Waals surface area contributed by atoms with Gasteiger partial charge in [0, 0.05) is 64.6 Å². The van der Waals surface area contributed by atoms with Crippen LogP contribution >= 0.6 is 24.0 Å². The number of halogens is 1. The fraction of sp³-hybridized carbons (Fsp3) is 0.696. The number of rotatable bonds is 12. The van der Waals surface area contributed by atoms with E-state index in [9.17, 15) is 0 Å². The van der Waals surface area contributed by atoms with Crippen LogP contribution in [-0.4, -0.2) is 88.3 Å². The molecule has 0 aliphatic carbocycles. The number of aliphatic imine (C=N–C) groups is 1. The highest BCUT2D eigenvalue weighted by Gasteiger charge is 2.12. The molecular formula is C23H43IN6. The molecule has 1 aromatic carbocycles. The summed E-state index contributed by atoms with van der Waals surface area (Å²) in [6.45, 7) is 15.2. The van der Waals surface area contributed by atoms with Crippen LogP contribution in [0.3, 0.4) is 0 Å². The lowest BCUT2D eigenvalue weighted by Crippen LogP contribution is -2.44. The number of piperazine rings is 1. The van der Waals surface area contributed by atoms with Crippen LogP contribution in [-0.2, 0) is 0 Å². The molecule has 0 saturated carbocycles. The van der Waals surface area contributed by atoms with Crippen molar-refractivity contribution in [1.82, 2.24) is 20.4 Å². The number of likely N-dealkylation sites (N-methyl/N-ethyl adjacent to an activating group) is 1. The maximum absolute atomic E-state index is 4.76. The second-order valence-corrected chi connectivity index (χ2v) is 7.81. The molecule has 1 saturated heterocycles. The first-order valence-corrected chi connectivity index (χ1v) is 11.5. The number of unbranched alkanes of at least 4 members (excludes halogenated alkanes) is 1. The van der Waals surface area contributed by atoms with Gasteiger partial charge in [-0.05, 0) is 58.8 Å². The average Bonchev–Trinajstić information content (AvgIpc) is 2.75. The third-order valence-corrected chi connectivity index (χ3v) is 5.49. The Bertz CT molecular complexity index is 560. The van der Waals surface area contributed by atoms with Crippen LogP contribution in [0.25, 0.3) is 0 Å². The summed E-state index contributed by atoms with van der Waals surface area (Å²) in [7, 11) is 2.21. The summed E-state index contributed by atoms with van der Waals surface area (Å²) in [4.78, 5) is 12.2. The van der Waals surface area contributed by atoms with E-state index in [4.69, 9.17) is 4.99 Å². The molecule has 1 aliphatic rings. The van der Waals surface area contributed by atoms with E-state index in [1.54, 1.807) is 0 Å². The van der Waals surface area contributed by atoms with Crippen LogP contribution < -0.4 is 15.5 Å². The smallest absolute Gasteiger partial charge is 0.191 e. The number of para-hydroxylation sites is 1. The van der Waals surface area contributed by atoms with Crippen LogP contribution in [0.1, 0.15) is 33.1 Å². The van der Waals surface area contributed by atoms with Crippen LogP contribution in [0, 0.1) is 0 Å². The number of benzene rings is 1. The van der Waals surface area contributed by atoms with Gasteiger partial charge in [-0.15, -0.1) is 24.0 Å². The molecule has 30 heavy (non-hydrogen) atoms. The number of nitrogens with zero attached hydrogens (tertiary/aromatic N) is 4. The predicted octanol–water partition coefficient (Wildman–Crippen LogP) is 3.10. The number of anilines is 1. The van der Waals surface area contributed by atoms with E-state index in [-0.39, 0.29) is 24.0 Å². The molecule has 2 rings (SSSR count). The van der Waals surface area contributed by atoms with Crippen molar-refractivity contribution >= 4 is 35.6 Å². The van der Waals surface area contributed by atoms with Gasteiger partial charge in [0.2, 0.25) is 0 Å². The maximum atomic E-state index is 4.76. The molecule has 0 aromatic heterocycles. The molecule has 0 radical (unpaired) electrons. The summed E-state index contributed by atoms with van der Waals surface area (Å²) in [6.07, 6.45) is 3.50. The molecule has 0 amide bonds. The van der Waals surface area contributed by atoms with Crippen molar-refractivity contribution in [2.24, 2.45) is 4.99 Å². The first-order chi connectivity index (χ1) is 14.2. The Morgan fingerprint density at radius 3 is 2.40 bits per heavy atom. The Morgan fingerprint density at radius 1 is 1.00 bits per heavy atom. The van der Waals surface area contributed by atoms with Crippen LogP contribution in [0.5, 0.6) is 0 Å². The van der Waals surface area contributed by atoms with Gasteiger partial charge in [0.15, 0.2) is 5.96 Å². The van der Waals surface area contributed by atoms with Crippen molar-refractivity contribution in [3.63, 3.8) is 0 Å². The highest BCUT2D eigenvalue weighted by atomic mass is 127. The van der Waals surface area contributed by atoms with Crippen molar-refractivity contribution in [2.45, 2.75) is 33.1 Å². The lowest BCUT2D eigenvalue weighted by Gasteiger charge is -2.32. The van der Waals surface area contributed by atoms with Gasteiger partial charge in [-0.1, -0.05) is 18.2 Å². The molecule has 1 fully saturated rings. The molecule has 1 aliphatic heterocycles. The van der Waals surface area contributed by atoms with Gasteiger partial charge in [-0.2, -0.15) is 0 Å². The van der Waals surface area contributed by atoms with Crippen molar-refractivity contribution in [1.29, 1.82) is 0 Å². The number of hydrogen-bond acceptors (Lipinski definition) is 4. The summed E-state index contributed by atoms with van der Waals surface area (Å²) < 4.78 is 0. The third kappa shape index (κ3) is 10.8. The fourth-order valence-corrected chi connectivity index (χ4v) is 3.64. The Labute approximate surface area is 201 Å². The Balaban J connectivity index is 0.00000450. The SMILES string of the molecule is CCNC(=NCCCN(CC)c1ccccc1)NCCCCN1CCN(C)CC1.I. The van der Waals surface area contributed by atoms with E-state index < -0.39 is 0 Å². The molecule has 1 heterocycles. The second kappa shape index (κ2) is 16.6. The first kappa shape index (κ1) is 27.0. The maximum Gasteiger partial charge on any atom is 0.191 e. The van der Waals surface area contributed by atoms with Gasteiger partial charge >= 0.3 is 0 Å². The van der Waals surface area contributed by atoms with Crippen molar-refractivity contribution in [3.8, 4) is 0 Å². The van der Waals surface area contributed by atoms with Gasteiger partial charge in [-0.25, -0.2) is 0 Å². The zero-order valence-corrected chi connectivity index (χ0v) is 21.6. The predicted molar refractivity (Wildman–Crippen MR) is 142 cm³/mol. The quantitative estimate of drug-likeness (QED) is 0.188. The first-order valence-electron chi connectivity index (χ1n) is 11.5. The molecule has 7 heteroatoms. The van der Waals surface area contributed by atoms with E-state index in [0.717, 1.165) is 45.1 Å². The molecular weight excluding hydrogens is 487 g/mol. The highest BCUT2D eigenvalue weighted by Crippen LogP contribution is 2.12. The van der Waals surface area contributed by atoms with Crippen LogP contribution in [0.2, 0.25) is 0 Å². The molecule has 172 valence electrons. The molecule has 0 spiro atoms. The second-order valence-electron chi connectivity index (χ2n) is 7.81. The minimum absolute atomic E-state index is 0. The lowest BCUT2D eigenvalue weighted by molar-refractivity contribution is 0.152.